The Hall–Kier alpha value is -2.90. The van der Waals surface area contributed by atoms with Crippen LogP contribution in [0.15, 0.2) is 59.6 Å². The van der Waals surface area contributed by atoms with Crippen LogP contribution < -0.4 is 10.6 Å². The van der Waals surface area contributed by atoms with E-state index in [9.17, 15) is 5.11 Å². The Labute approximate surface area is 173 Å². The zero-order valence-corrected chi connectivity index (χ0v) is 17.2. The fourth-order valence-electron chi connectivity index (χ4n) is 3.27. The van der Waals surface area contributed by atoms with Crippen LogP contribution >= 0.6 is 11.3 Å². The molecule has 4 aromatic rings. The number of benzene rings is 2. The second-order valence-corrected chi connectivity index (χ2v) is 8.00. The largest absolute Gasteiger partial charge is 0.386 e. The first-order valence-corrected chi connectivity index (χ1v) is 10.6. The molecule has 29 heavy (non-hydrogen) atoms. The minimum Gasteiger partial charge on any atom is -0.386 e. The van der Waals surface area contributed by atoms with Gasteiger partial charge in [-0.05, 0) is 36.1 Å². The zero-order chi connectivity index (χ0) is 20.1. The molecule has 4 rings (SSSR count). The van der Waals surface area contributed by atoms with E-state index in [-0.39, 0.29) is 0 Å². The molecule has 6 nitrogen and oxygen atoms in total. The number of guanidine groups is 1. The third-order valence-electron chi connectivity index (χ3n) is 4.78. The molecule has 1 unspecified atom stereocenters. The van der Waals surface area contributed by atoms with Gasteiger partial charge in [-0.15, -0.1) is 11.3 Å². The number of aliphatic hydroxyl groups excluding tert-OH is 1. The summed E-state index contributed by atoms with van der Waals surface area (Å²) in [6.45, 7) is 1.19. The molecule has 0 saturated carbocycles. The highest BCUT2D eigenvalue weighted by Gasteiger charge is 2.12. The van der Waals surface area contributed by atoms with Crippen LogP contribution in [-0.2, 0) is 6.42 Å². The summed E-state index contributed by atoms with van der Waals surface area (Å²) in [4.78, 5) is 13.1. The first-order valence-electron chi connectivity index (χ1n) is 9.77. The lowest BCUT2D eigenvalue weighted by Gasteiger charge is -2.14. The van der Waals surface area contributed by atoms with Crippen molar-refractivity contribution in [2.75, 3.05) is 20.1 Å². The Morgan fingerprint density at radius 3 is 2.83 bits per heavy atom. The molecule has 2 heterocycles. The normalized spacial score (nSPS) is 13.1. The second-order valence-electron chi connectivity index (χ2n) is 6.89. The third kappa shape index (κ3) is 4.75. The first-order chi connectivity index (χ1) is 14.2. The summed E-state index contributed by atoms with van der Waals surface area (Å²) in [6.07, 6.45) is 1.23. The zero-order valence-electron chi connectivity index (χ0n) is 16.4. The van der Waals surface area contributed by atoms with Crippen LogP contribution in [0.1, 0.15) is 23.2 Å². The fourth-order valence-corrected chi connectivity index (χ4v) is 4.32. The molecule has 0 fully saturated rings. The Morgan fingerprint density at radius 1 is 1.17 bits per heavy atom. The van der Waals surface area contributed by atoms with Crippen LogP contribution in [0.4, 0.5) is 0 Å². The summed E-state index contributed by atoms with van der Waals surface area (Å²) >= 11 is 1.62. The Bertz CT molecular complexity index is 1050. The summed E-state index contributed by atoms with van der Waals surface area (Å²) in [5.74, 6) is 1.69. The summed E-state index contributed by atoms with van der Waals surface area (Å²) in [5, 5.41) is 18.2. The Morgan fingerprint density at radius 2 is 2.00 bits per heavy atom. The van der Waals surface area contributed by atoms with Crippen LogP contribution in [0, 0.1) is 0 Å². The quantitative estimate of drug-likeness (QED) is 0.214. The van der Waals surface area contributed by atoms with E-state index in [1.54, 1.807) is 18.4 Å². The predicted molar refractivity (Wildman–Crippen MR) is 121 cm³/mol. The maximum atomic E-state index is 10.5. The SMILES string of the molecule is CN=C(NCCCc1nc2ccccc2[nH]1)NCC(O)c1cc2ccccc2s1. The van der Waals surface area contributed by atoms with Gasteiger partial charge in [0.25, 0.3) is 0 Å². The fraction of sp³-hybridized carbons (Fsp3) is 0.273. The van der Waals surface area contributed by atoms with Crippen molar-refractivity contribution in [3.8, 4) is 0 Å². The number of hydrogen-bond acceptors (Lipinski definition) is 4. The standard InChI is InChI=1S/C22H25N5OS/c1-23-22(24-12-6-11-21-26-16-8-3-4-9-17(16)27-21)25-14-18(28)20-13-15-7-2-5-10-19(15)29-20/h2-5,7-10,13,18,28H,6,11-12,14H2,1H3,(H,26,27)(H2,23,24,25). The van der Waals surface area contributed by atoms with E-state index in [4.69, 9.17) is 0 Å². The van der Waals surface area contributed by atoms with Gasteiger partial charge in [0.1, 0.15) is 11.9 Å². The molecule has 150 valence electrons. The molecule has 0 aliphatic rings. The molecule has 0 radical (unpaired) electrons. The van der Waals surface area contributed by atoms with Gasteiger partial charge < -0.3 is 20.7 Å². The Balaban J connectivity index is 1.23. The van der Waals surface area contributed by atoms with Gasteiger partial charge in [-0.1, -0.05) is 30.3 Å². The summed E-state index contributed by atoms with van der Waals surface area (Å²) in [6, 6.07) is 18.3. The van der Waals surface area contributed by atoms with E-state index < -0.39 is 6.10 Å². The van der Waals surface area contributed by atoms with Crippen molar-refractivity contribution in [3.63, 3.8) is 0 Å². The first kappa shape index (κ1) is 19.4. The van der Waals surface area contributed by atoms with Crippen LogP contribution in [0.2, 0.25) is 0 Å². The highest BCUT2D eigenvalue weighted by molar-refractivity contribution is 7.19. The van der Waals surface area contributed by atoms with E-state index in [1.165, 1.54) is 10.1 Å². The number of aryl methyl sites for hydroxylation is 1. The topological polar surface area (TPSA) is 85.3 Å². The van der Waals surface area contributed by atoms with Crippen LogP contribution in [0.3, 0.4) is 0 Å². The molecular formula is C22H25N5OS. The van der Waals surface area contributed by atoms with Crippen molar-refractivity contribution < 1.29 is 5.11 Å². The molecule has 0 aliphatic heterocycles. The molecule has 0 amide bonds. The minimum atomic E-state index is -0.568. The molecule has 4 N–H and O–H groups in total. The average molecular weight is 408 g/mol. The Kier molecular flexibility index (Phi) is 6.07. The lowest BCUT2D eigenvalue weighted by molar-refractivity contribution is 0.184. The van der Waals surface area contributed by atoms with Crippen molar-refractivity contribution in [2.45, 2.75) is 18.9 Å². The van der Waals surface area contributed by atoms with Crippen molar-refractivity contribution in [2.24, 2.45) is 4.99 Å². The number of para-hydroxylation sites is 2. The molecule has 1 atom stereocenters. The molecular weight excluding hydrogens is 382 g/mol. The van der Waals surface area contributed by atoms with E-state index in [2.05, 4.69) is 43.8 Å². The van der Waals surface area contributed by atoms with Crippen LogP contribution in [0.5, 0.6) is 0 Å². The van der Waals surface area contributed by atoms with Gasteiger partial charge in [-0.3, -0.25) is 4.99 Å². The van der Waals surface area contributed by atoms with Crippen LogP contribution in [-0.4, -0.2) is 41.2 Å². The van der Waals surface area contributed by atoms with E-state index in [0.717, 1.165) is 41.1 Å². The van der Waals surface area contributed by atoms with Gasteiger partial charge in [0.05, 0.1) is 11.0 Å². The lowest BCUT2D eigenvalue weighted by atomic mass is 10.2. The number of aromatic amines is 1. The number of nitrogens with zero attached hydrogens (tertiary/aromatic N) is 2. The van der Waals surface area contributed by atoms with E-state index in [0.29, 0.717) is 12.5 Å². The number of H-pyrrole nitrogens is 1. The lowest BCUT2D eigenvalue weighted by Crippen LogP contribution is -2.39. The predicted octanol–water partition coefficient (Wildman–Crippen LogP) is 3.61. The molecule has 0 bridgehead atoms. The number of aromatic nitrogens is 2. The highest BCUT2D eigenvalue weighted by Crippen LogP contribution is 2.29. The van der Waals surface area contributed by atoms with E-state index >= 15 is 0 Å². The van der Waals surface area contributed by atoms with Gasteiger partial charge in [-0.2, -0.15) is 0 Å². The number of aliphatic hydroxyl groups is 1. The van der Waals surface area contributed by atoms with Gasteiger partial charge in [0, 0.05) is 36.1 Å². The molecule has 0 saturated heterocycles. The van der Waals surface area contributed by atoms with Crippen molar-refractivity contribution in [1.82, 2.24) is 20.6 Å². The third-order valence-corrected chi connectivity index (χ3v) is 6.00. The molecule has 2 aromatic carbocycles. The van der Waals surface area contributed by atoms with Crippen molar-refractivity contribution >= 4 is 38.4 Å². The molecule has 0 aliphatic carbocycles. The summed E-state index contributed by atoms with van der Waals surface area (Å²) < 4.78 is 1.19. The molecule has 7 heteroatoms. The number of hydrogen-bond donors (Lipinski definition) is 4. The van der Waals surface area contributed by atoms with Gasteiger partial charge in [0.2, 0.25) is 0 Å². The number of thiophene rings is 1. The number of fused-ring (bicyclic) bond motifs is 2. The van der Waals surface area contributed by atoms with Crippen molar-refractivity contribution in [1.29, 1.82) is 0 Å². The van der Waals surface area contributed by atoms with Gasteiger partial charge in [0.15, 0.2) is 5.96 Å². The number of aliphatic imine (C=N–C) groups is 1. The minimum absolute atomic E-state index is 0.413. The number of imidazole rings is 1. The number of nitrogens with one attached hydrogen (secondary N) is 3. The molecule has 0 spiro atoms. The van der Waals surface area contributed by atoms with Crippen LogP contribution in [0.25, 0.3) is 21.1 Å². The number of rotatable bonds is 7. The highest BCUT2D eigenvalue weighted by atomic mass is 32.1. The maximum Gasteiger partial charge on any atom is 0.191 e. The summed E-state index contributed by atoms with van der Waals surface area (Å²) in [7, 11) is 1.74. The van der Waals surface area contributed by atoms with E-state index in [1.807, 2.05) is 36.4 Å². The van der Waals surface area contributed by atoms with Gasteiger partial charge in [-0.25, -0.2) is 4.98 Å². The average Bonchev–Trinajstić information content (AvgIpc) is 3.36. The second kappa shape index (κ2) is 9.07. The smallest absolute Gasteiger partial charge is 0.191 e. The van der Waals surface area contributed by atoms with Crippen molar-refractivity contribution in [3.05, 3.63) is 65.3 Å². The summed E-state index contributed by atoms with van der Waals surface area (Å²) in [5.41, 5.74) is 2.08. The molecule has 2 aromatic heterocycles. The maximum absolute atomic E-state index is 10.5. The van der Waals surface area contributed by atoms with Gasteiger partial charge >= 0.3 is 0 Å². The monoisotopic (exact) mass is 407 g/mol.